The van der Waals surface area contributed by atoms with Gasteiger partial charge in [-0.05, 0) is 43.4 Å². The fourth-order valence-corrected chi connectivity index (χ4v) is 3.20. The van der Waals surface area contributed by atoms with Crippen LogP contribution in [-0.4, -0.2) is 35.0 Å². The van der Waals surface area contributed by atoms with Crippen LogP contribution in [0.3, 0.4) is 0 Å². The maximum Gasteiger partial charge on any atom is 0.303 e. The number of hydrogen-bond donors (Lipinski definition) is 1. The van der Waals surface area contributed by atoms with Crippen molar-refractivity contribution in [2.75, 3.05) is 13.1 Å². The van der Waals surface area contributed by atoms with Crippen molar-refractivity contribution in [3.63, 3.8) is 0 Å². The van der Waals surface area contributed by atoms with Crippen LogP contribution in [0.2, 0.25) is 10.0 Å². The van der Waals surface area contributed by atoms with Gasteiger partial charge in [0.2, 0.25) is 0 Å². The molecule has 1 aromatic carbocycles. The Morgan fingerprint density at radius 1 is 1.24 bits per heavy atom. The summed E-state index contributed by atoms with van der Waals surface area (Å²) in [5.41, 5.74) is 0.478. The molecule has 1 heterocycles. The molecule has 1 aromatic rings. The number of hydrogen-bond acceptors (Lipinski definition) is 2. The molecule has 0 aliphatic carbocycles. The van der Waals surface area contributed by atoms with E-state index in [-0.39, 0.29) is 18.2 Å². The Morgan fingerprint density at radius 2 is 1.90 bits per heavy atom. The molecule has 4 nitrogen and oxygen atoms in total. The summed E-state index contributed by atoms with van der Waals surface area (Å²) in [4.78, 5) is 24.9. The Morgan fingerprint density at radius 3 is 2.52 bits per heavy atom. The van der Waals surface area contributed by atoms with E-state index in [1.807, 2.05) is 0 Å². The zero-order chi connectivity index (χ0) is 15.4. The normalized spacial score (nSPS) is 18.6. The van der Waals surface area contributed by atoms with Crippen LogP contribution in [0.25, 0.3) is 0 Å². The summed E-state index contributed by atoms with van der Waals surface area (Å²) < 4.78 is 0. The van der Waals surface area contributed by atoms with Crippen molar-refractivity contribution in [3.05, 3.63) is 33.8 Å². The van der Waals surface area contributed by atoms with Crippen LogP contribution in [0.5, 0.6) is 0 Å². The van der Waals surface area contributed by atoms with Gasteiger partial charge in [-0.15, -0.1) is 0 Å². The van der Waals surface area contributed by atoms with Gasteiger partial charge in [0.1, 0.15) is 0 Å². The third-order valence-electron chi connectivity index (χ3n) is 3.68. The van der Waals surface area contributed by atoms with E-state index in [1.165, 1.54) is 0 Å². The average Bonchev–Trinajstić information content (AvgIpc) is 2.43. The molecule has 0 aromatic heterocycles. The van der Waals surface area contributed by atoms with E-state index in [1.54, 1.807) is 23.1 Å². The largest absolute Gasteiger partial charge is 0.481 e. The minimum absolute atomic E-state index is 0.0978. The molecule has 1 N–H and O–H groups in total. The SMILES string of the molecule is O=C(O)CCC1CCCN(C(=O)c2cc(Cl)cc(Cl)c2)C1. The number of carboxylic acid groups (broad SMARTS) is 1. The molecule has 1 aliphatic heterocycles. The van der Waals surface area contributed by atoms with Gasteiger partial charge in [-0.25, -0.2) is 0 Å². The lowest BCUT2D eigenvalue weighted by Crippen LogP contribution is -2.40. The predicted octanol–water partition coefficient (Wildman–Crippen LogP) is 3.71. The molecule has 1 saturated heterocycles. The highest BCUT2D eigenvalue weighted by atomic mass is 35.5. The number of aliphatic carboxylic acids is 1. The molecular weight excluding hydrogens is 313 g/mol. The molecule has 2 rings (SSSR count). The van der Waals surface area contributed by atoms with Gasteiger partial charge in [-0.1, -0.05) is 23.2 Å². The number of rotatable bonds is 4. The van der Waals surface area contributed by atoms with Gasteiger partial charge in [0, 0.05) is 35.1 Å². The molecule has 0 spiro atoms. The van der Waals surface area contributed by atoms with Crippen LogP contribution < -0.4 is 0 Å². The van der Waals surface area contributed by atoms with E-state index >= 15 is 0 Å². The number of nitrogens with zero attached hydrogens (tertiary/aromatic N) is 1. The second-order valence-electron chi connectivity index (χ2n) is 5.35. The minimum atomic E-state index is -0.792. The molecule has 1 fully saturated rings. The summed E-state index contributed by atoms with van der Waals surface area (Å²) in [6, 6.07) is 4.80. The summed E-state index contributed by atoms with van der Waals surface area (Å²) in [5.74, 6) is -0.645. The molecule has 0 radical (unpaired) electrons. The highest BCUT2D eigenvalue weighted by Gasteiger charge is 2.25. The second kappa shape index (κ2) is 7.14. The summed E-state index contributed by atoms with van der Waals surface area (Å²) in [6.07, 6.45) is 2.61. The van der Waals surface area contributed by atoms with E-state index in [0.29, 0.717) is 35.1 Å². The van der Waals surface area contributed by atoms with Gasteiger partial charge >= 0.3 is 5.97 Å². The van der Waals surface area contributed by atoms with E-state index in [4.69, 9.17) is 28.3 Å². The van der Waals surface area contributed by atoms with Crippen molar-refractivity contribution in [3.8, 4) is 0 Å². The lowest BCUT2D eigenvalue weighted by Gasteiger charge is -2.32. The first-order valence-electron chi connectivity index (χ1n) is 6.93. The highest BCUT2D eigenvalue weighted by molar-refractivity contribution is 6.35. The van der Waals surface area contributed by atoms with E-state index in [2.05, 4.69) is 0 Å². The number of halogens is 2. The fraction of sp³-hybridized carbons (Fsp3) is 0.467. The first-order valence-corrected chi connectivity index (χ1v) is 7.68. The Bertz CT molecular complexity index is 527. The topological polar surface area (TPSA) is 57.6 Å². The number of amides is 1. The quantitative estimate of drug-likeness (QED) is 0.915. The van der Waals surface area contributed by atoms with Crippen LogP contribution in [0.1, 0.15) is 36.0 Å². The van der Waals surface area contributed by atoms with Crippen molar-refractivity contribution in [1.82, 2.24) is 4.90 Å². The summed E-state index contributed by atoms with van der Waals surface area (Å²) in [5, 5.41) is 9.62. The van der Waals surface area contributed by atoms with Gasteiger partial charge in [-0.3, -0.25) is 9.59 Å². The Hall–Kier alpha value is -1.26. The number of carbonyl (C=O) groups excluding carboxylic acids is 1. The summed E-state index contributed by atoms with van der Waals surface area (Å²) in [6.45, 7) is 1.28. The lowest BCUT2D eigenvalue weighted by molar-refractivity contribution is -0.137. The van der Waals surface area contributed by atoms with Crippen LogP contribution in [-0.2, 0) is 4.79 Å². The number of likely N-dealkylation sites (tertiary alicyclic amines) is 1. The molecule has 114 valence electrons. The zero-order valence-corrected chi connectivity index (χ0v) is 13.0. The molecule has 1 atom stereocenters. The molecule has 1 unspecified atom stereocenters. The van der Waals surface area contributed by atoms with Gasteiger partial charge < -0.3 is 10.0 Å². The molecule has 1 aliphatic rings. The zero-order valence-electron chi connectivity index (χ0n) is 11.5. The molecule has 1 amide bonds. The molecule has 0 bridgehead atoms. The first kappa shape index (κ1) is 16.1. The van der Waals surface area contributed by atoms with Crippen molar-refractivity contribution in [2.24, 2.45) is 5.92 Å². The average molecular weight is 330 g/mol. The van der Waals surface area contributed by atoms with Gasteiger partial charge in [0.15, 0.2) is 0 Å². The van der Waals surface area contributed by atoms with Crippen LogP contribution in [0.4, 0.5) is 0 Å². The van der Waals surface area contributed by atoms with Crippen molar-refractivity contribution >= 4 is 35.1 Å². The van der Waals surface area contributed by atoms with Crippen molar-refractivity contribution in [2.45, 2.75) is 25.7 Å². The molecular formula is C15H17Cl2NO3. The monoisotopic (exact) mass is 329 g/mol. The maximum absolute atomic E-state index is 12.5. The Labute approximate surface area is 133 Å². The maximum atomic E-state index is 12.5. The number of piperidine rings is 1. The van der Waals surface area contributed by atoms with Crippen LogP contribution in [0, 0.1) is 5.92 Å². The molecule has 21 heavy (non-hydrogen) atoms. The van der Waals surface area contributed by atoms with Crippen LogP contribution in [0.15, 0.2) is 18.2 Å². The number of carbonyl (C=O) groups is 2. The minimum Gasteiger partial charge on any atom is -0.481 e. The number of carboxylic acids is 1. The Kier molecular flexibility index (Phi) is 5.48. The second-order valence-corrected chi connectivity index (χ2v) is 6.22. The van der Waals surface area contributed by atoms with Crippen molar-refractivity contribution < 1.29 is 14.7 Å². The summed E-state index contributed by atoms with van der Waals surface area (Å²) in [7, 11) is 0. The van der Waals surface area contributed by atoms with Crippen molar-refractivity contribution in [1.29, 1.82) is 0 Å². The standard InChI is InChI=1S/C15H17Cl2NO3/c16-12-6-11(7-13(17)8-12)15(21)18-5-1-2-10(9-18)3-4-14(19)20/h6-8,10H,1-5,9H2,(H,19,20). The van der Waals surface area contributed by atoms with Gasteiger partial charge in [0.25, 0.3) is 5.91 Å². The third-order valence-corrected chi connectivity index (χ3v) is 4.12. The summed E-state index contributed by atoms with van der Waals surface area (Å²) >= 11 is 11.9. The fourth-order valence-electron chi connectivity index (χ4n) is 2.67. The lowest BCUT2D eigenvalue weighted by atomic mass is 9.93. The molecule has 6 heteroatoms. The van der Waals surface area contributed by atoms with E-state index in [0.717, 1.165) is 12.8 Å². The molecule has 0 saturated carbocycles. The predicted molar refractivity (Wildman–Crippen MR) is 82.0 cm³/mol. The highest BCUT2D eigenvalue weighted by Crippen LogP contribution is 2.25. The third kappa shape index (κ3) is 4.61. The Balaban J connectivity index is 2.03. The van der Waals surface area contributed by atoms with E-state index < -0.39 is 5.97 Å². The van der Waals surface area contributed by atoms with Crippen LogP contribution >= 0.6 is 23.2 Å². The van der Waals surface area contributed by atoms with Gasteiger partial charge in [-0.2, -0.15) is 0 Å². The van der Waals surface area contributed by atoms with E-state index in [9.17, 15) is 9.59 Å². The smallest absolute Gasteiger partial charge is 0.303 e. The van der Waals surface area contributed by atoms with Gasteiger partial charge in [0.05, 0.1) is 0 Å². The number of benzene rings is 1. The first-order chi connectivity index (χ1) is 9.95.